The number of carbonyl (C=O) groups is 1. The fourth-order valence-electron chi connectivity index (χ4n) is 3.87. The van der Waals surface area contributed by atoms with Gasteiger partial charge in [-0.25, -0.2) is 22.3 Å². The lowest BCUT2D eigenvalue weighted by Gasteiger charge is -2.40. The molecule has 1 amide bonds. The van der Waals surface area contributed by atoms with E-state index in [1.807, 2.05) is 36.4 Å². The molecule has 29 heavy (non-hydrogen) atoms. The van der Waals surface area contributed by atoms with Crippen molar-refractivity contribution < 1.29 is 22.3 Å². The lowest BCUT2D eigenvalue weighted by atomic mass is 9.90. The zero-order chi connectivity index (χ0) is 21.0. The molecule has 1 aliphatic heterocycles. The first-order valence-electron chi connectivity index (χ1n) is 9.43. The van der Waals surface area contributed by atoms with Crippen molar-refractivity contribution in [2.75, 3.05) is 19.9 Å². The molecule has 3 rings (SSSR count). The number of ether oxygens (including phenoxy) is 1. The van der Waals surface area contributed by atoms with Crippen LogP contribution in [-0.4, -0.2) is 51.4 Å². The predicted molar refractivity (Wildman–Crippen MR) is 109 cm³/mol. The third-order valence-corrected chi connectivity index (χ3v) is 5.79. The second-order valence-corrected chi connectivity index (χ2v) is 9.07. The second kappa shape index (κ2) is 8.92. The Hall–Kier alpha value is -2.45. The van der Waals surface area contributed by atoms with E-state index in [2.05, 4.69) is 4.72 Å². The summed E-state index contributed by atoms with van der Waals surface area (Å²) in [5.41, 5.74) is 2.30. The third-order valence-electron chi connectivity index (χ3n) is 5.06. The summed E-state index contributed by atoms with van der Waals surface area (Å²) in [5, 5.41) is 0. The summed E-state index contributed by atoms with van der Waals surface area (Å²) < 4.78 is 45.5. The molecule has 1 heterocycles. The van der Waals surface area contributed by atoms with Gasteiger partial charge >= 0.3 is 6.09 Å². The van der Waals surface area contributed by atoms with Crippen LogP contribution in [0.4, 0.5) is 9.18 Å². The average Bonchev–Trinajstić information content (AvgIpc) is 2.68. The summed E-state index contributed by atoms with van der Waals surface area (Å²) in [6, 6.07) is 13.3. The first-order chi connectivity index (χ1) is 13.8. The number of halogens is 1. The van der Waals surface area contributed by atoms with Crippen LogP contribution in [0.5, 0.6) is 0 Å². The minimum atomic E-state index is -3.47. The molecule has 156 valence electrons. The van der Waals surface area contributed by atoms with Crippen LogP contribution in [0.3, 0.4) is 0 Å². The van der Waals surface area contributed by atoms with Crippen molar-refractivity contribution in [3.63, 3.8) is 0 Å². The summed E-state index contributed by atoms with van der Waals surface area (Å²) in [7, 11) is -2.17. The molecule has 2 aromatic rings. The first kappa shape index (κ1) is 21.3. The van der Waals surface area contributed by atoms with Crippen LogP contribution in [0, 0.1) is 5.82 Å². The number of amides is 1. The third kappa shape index (κ3) is 5.55. The number of nitrogens with zero attached hydrogens (tertiary/aromatic N) is 1. The van der Waals surface area contributed by atoms with Gasteiger partial charge < -0.3 is 9.64 Å². The summed E-state index contributed by atoms with van der Waals surface area (Å²) in [4.78, 5) is 13.8. The van der Waals surface area contributed by atoms with Crippen molar-refractivity contribution in [1.82, 2.24) is 9.62 Å². The molecule has 1 fully saturated rings. The van der Waals surface area contributed by atoms with Gasteiger partial charge in [-0.1, -0.05) is 36.4 Å². The minimum absolute atomic E-state index is 0.305. The van der Waals surface area contributed by atoms with Gasteiger partial charge in [0.25, 0.3) is 0 Å². The predicted octanol–water partition coefficient (Wildman–Crippen LogP) is 3.18. The number of hydrogen-bond donors (Lipinski definition) is 1. The number of hydrogen-bond acceptors (Lipinski definition) is 4. The van der Waals surface area contributed by atoms with E-state index in [9.17, 15) is 17.6 Å². The van der Waals surface area contributed by atoms with Crippen LogP contribution in [0.1, 0.15) is 18.4 Å². The Morgan fingerprint density at radius 1 is 1.21 bits per heavy atom. The van der Waals surface area contributed by atoms with Gasteiger partial charge in [0.15, 0.2) is 0 Å². The molecule has 0 spiro atoms. The normalized spacial score (nSPS) is 19.8. The van der Waals surface area contributed by atoms with E-state index < -0.39 is 28.2 Å². The molecule has 0 bridgehead atoms. The lowest BCUT2D eigenvalue weighted by molar-refractivity contribution is 0.0792. The van der Waals surface area contributed by atoms with Crippen molar-refractivity contribution in [1.29, 1.82) is 0 Å². The van der Waals surface area contributed by atoms with E-state index in [0.29, 0.717) is 31.4 Å². The molecule has 2 atom stereocenters. The molecule has 0 aliphatic carbocycles. The van der Waals surface area contributed by atoms with E-state index >= 15 is 0 Å². The highest BCUT2D eigenvalue weighted by molar-refractivity contribution is 7.88. The van der Waals surface area contributed by atoms with Crippen molar-refractivity contribution in [3.8, 4) is 11.1 Å². The number of nitrogens with one attached hydrogen (secondary N) is 1. The molecule has 2 unspecified atom stereocenters. The van der Waals surface area contributed by atoms with E-state index in [4.69, 9.17) is 4.74 Å². The Balaban J connectivity index is 1.94. The number of piperidine rings is 1. The fraction of sp³-hybridized carbons (Fsp3) is 0.381. The maximum atomic E-state index is 14.3. The second-order valence-electron chi connectivity index (χ2n) is 7.29. The van der Waals surface area contributed by atoms with E-state index in [1.165, 1.54) is 24.1 Å². The minimum Gasteiger partial charge on any atom is -0.453 e. The van der Waals surface area contributed by atoms with Crippen molar-refractivity contribution in [3.05, 3.63) is 59.9 Å². The van der Waals surface area contributed by atoms with Crippen molar-refractivity contribution in [2.24, 2.45) is 0 Å². The van der Waals surface area contributed by atoms with Crippen LogP contribution >= 0.6 is 0 Å². The highest BCUT2D eigenvalue weighted by atomic mass is 32.2. The Labute approximate surface area is 170 Å². The topological polar surface area (TPSA) is 75.7 Å². The smallest absolute Gasteiger partial charge is 0.409 e. The quantitative estimate of drug-likeness (QED) is 0.806. The van der Waals surface area contributed by atoms with Crippen LogP contribution < -0.4 is 4.72 Å². The van der Waals surface area contributed by atoms with Crippen LogP contribution in [0.2, 0.25) is 0 Å². The maximum absolute atomic E-state index is 14.3. The Kier molecular flexibility index (Phi) is 6.54. The van der Waals surface area contributed by atoms with Crippen LogP contribution in [0.15, 0.2) is 48.5 Å². The molecule has 0 saturated carbocycles. The standard InChI is InChI=1S/C21H25FN2O4S/c1-28-21(25)24-10-6-9-19(23-29(2,26)27)20(24)13-15-11-17(14-18(22)12-15)16-7-4-3-5-8-16/h3-5,7-8,11-12,14,19-20,23H,6,9-10,13H2,1-2H3. The molecule has 0 aromatic heterocycles. The molecular formula is C21H25FN2O4S. The summed E-state index contributed by atoms with van der Waals surface area (Å²) in [6.07, 6.45) is 2.12. The maximum Gasteiger partial charge on any atom is 0.409 e. The number of carbonyl (C=O) groups excluding carboxylic acids is 1. The molecule has 6 nitrogen and oxygen atoms in total. The molecular weight excluding hydrogens is 395 g/mol. The van der Waals surface area contributed by atoms with Gasteiger partial charge in [0.1, 0.15) is 5.82 Å². The zero-order valence-corrected chi connectivity index (χ0v) is 17.3. The molecule has 0 radical (unpaired) electrons. The number of likely N-dealkylation sites (tertiary alicyclic amines) is 1. The molecule has 1 N–H and O–H groups in total. The first-order valence-corrected chi connectivity index (χ1v) is 11.3. The monoisotopic (exact) mass is 420 g/mol. The van der Waals surface area contributed by atoms with Gasteiger partial charge in [-0.3, -0.25) is 0 Å². The van der Waals surface area contributed by atoms with Gasteiger partial charge in [0, 0.05) is 12.6 Å². The Morgan fingerprint density at radius 2 is 1.93 bits per heavy atom. The van der Waals surface area contributed by atoms with Gasteiger partial charge in [-0.2, -0.15) is 0 Å². The molecule has 1 aliphatic rings. The lowest BCUT2D eigenvalue weighted by Crippen LogP contribution is -2.57. The fourth-order valence-corrected chi connectivity index (χ4v) is 4.70. The van der Waals surface area contributed by atoms with Crippen molar-refractivity contribution >= 4 is 16.1 Å². The van der Waals surface area contributed by atoms with Gasteiger partial charge in [0.05, 0.1) is 19.4 Å². The largest absolute Gasteiger partial charge is 0.453 e. The molecule has 2 aromatic carbocycles. The average molecular weight is 421 g/mol. The van der Waals surface area contributed by atoms with Crippen LogP contribution in [-0.2, 0) is 21.2 Å². The Bertz CT molecular complexity index is 966. The number of rotatable bonds is 5. The number of methoxy groups -OCH3 is 1. The van der Waals surface area contributed by atoms with Gasteiger partial charge in [0.2, 0.25) is 10.0 Å². The van der Waals surface area contributed by atoms with Crippen LogP contribution in [0.25, 0.3) is 11.1 Å². The highest BCUT2D eigenvalue weighted by Gasteiger charge is 2.36. The number of benzene rings is 2. The zero-order valence-electron chi connectivity index (χ0n) is 16.5. The van der Waals surface area contributed by atoms with Crippen molar-refractivity contribution in [2.45, 2.75) is 31.3 Å². The van der Waals surface area contributed by atoms with E-state index in [1.54, 1.807) is 0 Å². The van der Waals surface area contributed by atoms with E-state index in [0.717, 1.165) is 17.4 Å². The summed E-state index contributed by atoms with van der Waals surface area (Å²) in [5.74, 6) is -0.380. The van der Waals surface area contributed by atoms with Gasteiger partial charge in [-0.05, 0) is 48.1 Å². The molecule has 1 saturated heterocycles. The Morgan fingerprint density at radius 3 is 2.59 bits per heavy atom. The van der Waals surface area contributed by atoms with E-state index in [-0.39, 0.29) is 5.82 Å². The highest BCUT2D eigenvalue weighted by Crippen LogP contribution is 2.26. The molecule has 8 heteroatoms. The van der Waals surface area contributed by atoms with Gasteiger partial charge in [-0.15, -0.1) is 0 Å². The SMILES string of the molecule is COC(=O)N1CCCC(NS(C)(=O)=O)C1Cc1cc(F)cc(-c2ccccc2)c1. The number of sulfonamides is 1. The summed E-state index contributed by atoms with van der Waals surface area (Å²) >= 11 is 0. The summed E-state index contributed by atoms with van der Waals surface area (Å²) in [6.45, 7) is 0.458.